The Morgan fingerprint density at radius 1 is 1.53 bits per heavy atom. The van der Waals surface area contributed by atoms with Crippen molar-refractivity contribution in [2.75, 3.05) is 12.0 Å². The number of aromatic nitrogens is 1. The summed E-state index contributed by atoms with van der Waals surface area (Å²) in [6.45, 7) is 1.78. The zero-order valence-corrected chi connectivity index (χ0v) is 10.3. The van der Waals surface area contributed by atoms with Crippen LogP contribution < -0.4 is 0 Å². The van der Waals surface area contributed by atoms with E-state index in [1.54, 1.807) is 12.4 Å². The third kappa shape index (κ3) is 4.09. The van der Waals surface area contributed by atoms with Crippen LogP contribution >= 0.6 is 11.3 Å². The van der Waals surface area contributed by atoms with Crippen LogP contribution in [-0.2, 0) is 9.84 Å². The minimum absolute atomic E-state index is 0.0151. The first-order chi connectivity index (χ1) is 6.90. The molecule has 84 valence electrons. The van der Waals surface area contributed by atoms with Crippen LogP contribution in [0.1, 0.15) is 28.2 Å². The van der Waals surface area contributed by atoms with Crippen molar-refractivity contribution in [3.63, 3.8) is 0 Å². The highest BCUT2D eigenvalue weighted by atomic mass is 32.2. The molecule has 1 aromatic rings. The zero-order chi connectivity index (χ0) is 11.5. The fourth-order valence-corrected chi connectivity index (χ4v) is 2.62. The molecule has 0 fully saturated rings. The highest BCUT2D eigenvalue weighted by Crippen LogP contribution is 2.15. The van der Waals surface area contributed by atoms with E-state index in [1.807, 2.05) is 0 Å². The molecule has 0 amide bonds. The first-order valence-corrected chi connectivity index (χ1v) is 7.45. The number of sulfone groups is 1. The van der Waals surface area contributed by atoms with Crippen molar-refractivity contribution in [2.45, 2.75) is 19.8 Å². The molecule has 0 unspecified atom stereocenters. The van der Waals surface area contributed by atoms with Gasteiger partial charge in [0, 0.05) is 12.7 Å². The quantitative estimate of drug-likeness (QED) is 0.739. The molecule has 1 rings (SSSR count). The van der Waals surface area contributed by atoms with E-state index in [0.717, 1.165) is 5.69 Å². The molecule has 0 aliphatic carbocycles. The molecule has 1 heterocycles. The second-order valence-corrected chi connectivity index (χ2v) is 6.54. The molecule has 0 saturated heterocycles. The number of nitrogens with zero attached hydrogens (tertiary/aromatic N) is 1. The second-order valence-electron chi connectivity index (χ2n) is 3.42. The Labute approximate surface area is 93.3 Å². The Hall–Kier alpha value is -0.750. The summed E-state index contributed by atoms with van der Waals surface area (Å²) in [4.78, 5) is 16.2. The number of thiazole rings is 1. The van der Waals surface area contributed by atoms with Crippen LogP contribution in [0.3, 0.4) is 0 Å². The molecule has 0 saturated carbocycles. The van der Waals surface area contributed by atoms with E-state index in [9.17, 15) is 13.2 Å². The second kappa shape index (κ2) is 4.85. The van der Waals surface area contributed by atoms with Crippen LogP contribution in [0, 0.1) is 6.92 Å². The average molecular weight is 247 g/mol. The number of rotatable bonds is 5. The van der Waals surface area contributed by atoms with Gasteiger partial charge < -0.3 is 0 Å². The Morgan fingerprint density at radius 3 is 2.67 bits per heavy atom. The third-order valence-corrected chi connectivity index (χ3v) is 3.92. The molecule has 0 N–H and O–H groups in total. The lowest BCUT2D eigenvalue weighted by Crippen LogP contribution is -2.06. The van der Waals surface area contributed by atoms with E-state index in [-0.39, 0.29) is 18.0 Å². The number of ketones is 1. The fraction of sp³-hybridized carbons (Fsp3) is 0.556. The normalized spacial score (nSPS) is 11.6. The van der Waals surface area contributed by atoms with Crippen molar-refractivity contribution >= 4 is 27.0 Å². The molecule has 0 aromatic carbocycles. The van der Waals surface area contributed by atoms with Gasteiger partial charge in [-0.1, -0.05) is 0 Å². The van der Waals surface area contributed by atoms with E-state index in [2.05, 4.69) is 4.98 Å². The van der Waals surface area contributed by atoms with Gasteiger partial charge in [-0.25, -0.2) is 13.4 Å². The maximum absolute atomic E-state index is 11.6. The van der Waals surface area contributed by atoms with Crippen molar-refractivity contribution in [1.29, 1.82) is 0 Å². The summed E-state index contributed by atoms with van der Waals surface area (Å²) in [5, 5.41) is 0. The van der Waals surface area contributed by atoms with Crippen LogP contribution in [0.25, 0.3) is 0 Å². The molecular formula is C9H13NO3S2. The number of carbonyl (C=O) groups excluding carboxylic acids is 1. The summed E-state index contributed by atoms with van der Waals surface area (Å²) in [7, 11) is -2.96. The lowest BCUT2D eigenvalue weighted by molar-refractivity contribution is 0.0985. The van der Waals surface area contributed by atoms with Gasteiger partial charge in [-0.15, -0.1) is 11.3 Å². The van der Waals surface area contributed by atoms with E-state index >= 15 is 0 Å². The molecule has 0 atom stereocenters. The predicted octanol–water partition coefficient (Wildman–Crippen LogP) is 1.46. The van der Waals surface area contributed by atoms with Gasteiger partial charge in [0.2, 0.25) is 0 Å². The standard InChI is InChI=1S/C9H13NO3S2/c1-7-9(14-6-10-7)8(11)4-3-5-15(2,12)13/h6H,3-5H2,1-2H3. The van der Waals surface area contributed by atoms with Gasteiger partial charge in [0.25, 0.3) is 0 Å². The first kappa shape index (κ1) is 12.3. The summed E-state index contributed by atoms with van der Waals surface area (Å²) in [5.74, 6) is 0.0509. The van der Waals surface area contributed by atoms with Crippen molar-refractivity contribution in [2.24, 2.45) is 0 Å². The Bertz CT molecular complexity index is 448. The average Bonchev–Trinajstić information content (AvgIpc) is 2.48. The van der Waals surface area contributed by atoms with Crippen LogP contribution in [-0.4, -0.2) is 31.2 Å². The smallest absolute Gasteiger partial charge is 0.174 e. The maximum atomic E-state index is 11.6. The van der Waals surface area contributed by atoms with Crippen molar-refractivity contribution in [3.8, 4) is 0 Å². The van der Waals surface area contributed by atoms with E-state index < -0.39 is 9.84 Å². The highest BCUT2D eigenvalue weighted by molar-refractivity contribution is 7.90. The molecule has 4 nitrogen and oxygen atoms in total. The molecule has 0 radical (unpaired) electrons. The van der Waals surface area contributed by atoms with Crippen molar-refractivity contribution in [3.05, 3.63) is 16.1 Å². The number of carbonyl (C=O) groups is 1. The van der Waals surface area contributed by atoms with Gasteiger partial charge in [0.05, 0.1) is 21.8 Å². The van der Waals surface area contributed by atoms with Gasteiger partial charge in [-0.2, -0.15) is 0 Å². The van der Waals surface area contributed by atoms with Gasteiger partial charge in [-0.3, -0.25) is 4.79 Å². The minimum atomic E-state index is -2.96. The number of Topliss-reactive ketones (excluding diaryl/α,β-unsaturated/α-hetero) is 1. The van der Waals surface area contributed by atoms with Crippen LogP contribution in [0.15, 0.2) is 5.51 Å². The van der Waals surface area contributed by atoms with Crippen LogP contribution in [0.5, 0.6) is 0 Å². The van der Waals surface area contributed by atoms with E-state index in [4.69, 9.17) is 0 Å². The van der Waals surface area contributed by atoms with E-state index in [1.165, 1.54) is 17.6 Å². The molecule has 0 bridgehead atoms. The Morgan fingerprint density at radius 2 is 2.20 bits per heavy atom. The van der Waals surface area contributed by atoms with Gasteiger partial charge >= 0.3 is 0 Å². The van der Waals surface area contributed by atoms with Gasteiger partial charge in [0.15, 0.2) is 5.78 Å². The molecule has 0 aliphatic rings. The van der Waals surface area contributed by atoms with E-state index in [0.29, 0.717) is 11.3 Å². The highest BCUT2D eigenvalue weighted by Gasteiger charge is 2.12. The summed E-state index contributed by atoms with van der Waals surface area (Å²) in [5.41, 5.74) is 2.35. The zero-order valence-electron chi connectivity index (χ0n) is 8.69. The SMILES string of the molecule is Cc1ncsc1C(=O)CCCS(C)(=O)=O. The Kier molecular flexibility index (Phi) is 3.98. The monoisotopic (exact) mass is 247 g/mol. The lowest BCUT2D eigenvalue weighted by Gasteiger charge is -1.98. The summed E-state index contributed by atoms with van der Waals surface area (Å²) in [6, 6.07) is 0. The number of hydrogen-bond acceptors (Lipinski definition) is 5. The lowest BCUT2D eigenvalue weighted by atomic mass is 10.2. The van der Waals surface area contributed by atoms with Crippen LogP contribution in [0.2, 0.25) is 0 Å². The summed E-state index contributed by atoms with van der Waals surface area (Å²) in [6.07, 6.45) is 1.83. The molecule has 6 heteroatoms. The predicted molar refractivity (Wildman–Crippen MR) is 60.1 cm³/mol. The van der Waals surface area contributed by atoms with Crippen molar-refractivity contribution < 1.29 is 13.2 Å². The number of aryl methyl sites for hydroxylation is 1. The molecule has 0 spiro atoms. The topological polar surface area (TPSA) is 64.1 Å². The van der Waals surface area contributed by atoms with Crippen LogP contribution in [0.4, 0.5) is 0 Å². The summed E-state index contributed by atoms with van der Waals surface area (Å²) >= 11 is 1.31. The fourth-order valence-electron chi connectivity index (χ4n) is 1.18. The molecule has 0 aliphatic heterocycles. The van der Waals surface area contributed by atoms with Gasteiger partial charge in [-0.05, 0) is 13.3 Å². The largest absolute Gasteiger partial charge is 0.293 e. The Balaban J connectivity index is 2.48. The summed E-state index contributed by atoms with van der Waals surface area (Å²) < 4.78 is 21.7. The molecule has 15 heavy (non-hydrogen) atoms. The molecular weight excluding hydrogens is 234 g/mol. The first-order valence-electron chi connectivity index (χ1n) is 4.51. The third-order valence-electron chi connectivity index (χ3n) is 1.92. The van der Waals surface area contributed by atoms with Gasteiger partial charge in [0.1, 0.15) is 9.84 Å². The van der Waals surface area contributed by atoms with Crippen molar-refractivity contribution in [1.82, 2.24) is 4.98 Å². The number of hydrogen-bond donors (Lipinski definition) is 0. The molecule has 1 aromatic heterocycles. The minimum Gasteiger partial charge on any atom is -0.293 e. The maximum Gasteiger partial charge on any atom is 0.174 e.